The standard InChI is InChI=1S/C23H25F2N5O/c1-3-6-23(2)12-15(18(24)11-21(23)25)9-22-27-13-19(28-29-22)17-5-4-16(10-20(17)31)30-8-7-26-14-30/h4-5,7-10,13-14,18,21,31H,3,6,11-12H2,1-2H3/b15-9+/t18-,21+,23+/m1/s1. The number of phenolic OH excluding ortho intramolecular Hbond substituents is 1. The summed E-state index contributed by atoms with van der Waals surface area (Å²) in [4.78, 5) is 8.26. The molecule has 3 atom stereocenters. The molecule has 0 unspecified atom stereocenters. The van der Waals surface area contributed by atoms with Crippen LogP contribution in [0.2, 0.25) is 0 Å². The summed E-state index contributed by atoms with van der Waals surface area (Å²) < 4.78 is 30.7. The molecule has 162 valence electrons. The van der Waals surface area contributed by atoms with Crippen LogP contribution in [0.25, 0.3) is 23.0 Å². The fourth-order valence-electron chi connectivity index (χ4n) is 4.21. The number of aromatic hydroxyl groups is 1. The number of hydrogen-bond donors (Lipinski definition) is 1. The summed E-state index contributed by atoms with van der Waals surface area (Å²) in [6.45, 7) is 3.88. The molecule has 2 heterocycles. The highest BCUT2D eigenvalue weighted by atomic mass is 19.1. The van der Waals surface area contributed by atoms with Gasteiger partial charge in [0.1, 0.15) is 23.8 Å². The van der Waals surface area contributed by atoms with Crippen LogP contribution in [0, 0.1) is 5.41 Å². The van der Waals surface area contributed by atoms with Gasteiger partial charge in [0.2, 0.25) is 0 Å². The lowest BCUT2D eigenvalue weighted by Crippen LogP contribution is -2.38. The number of benzene rings is 1. The van der Waals surface area contributed by atoms with Crippen LogP contribution in [0.1, 0.15) is 45.4 Å². The van der Waals surface area contributed by atoms with Gasteiger partial charge < -0.3 is 9.67 Å². The minimum absolute atomic E-state index is 0.0360. The summed E-state index contributed by atoms with van der Waals surface area (Å²) in [6.07, 6.45) is 7.37. The molecule has 1 aliphatic rings. The number of alkyl halides is 2. The molecule has 31 heavy (non-hydrogen) atoms. The minimum Gasteiger partial charge on any atom is -0.507 e. The van der Waals surface area contributed by atoms with Crippen LogP contribution in [-0.2, 0) is 0 Å². The van der Waals surface area contributed by atoms with Crippen LogP contribution in [0.4, 0.5) is 8.78 Å². The first kappa shape index (κ1) is 21.1. The third-order valence-corrected chi connectivity index (χ3v) is 5.96. The van der Waals surface area contributed by atoms with E-state index in [1.165, 1.54) is 6.20 Å². The van der Waals surface area contributed by atoms with Crippen LogP contribution in [0.15, 0.2) is 48.7 Å². The van der Waals surface area contributed by atoms with E-state index in [1.807, 2.05) is 19.9 Å². The van der Waals surface area contributed by atoms with Crippen molar-refractivity contribution >= 4 is 6.08 Å². The first-order chi connectivity index (χ1) is 14.9. The quantitative estimate of drug-likeness (QED) is 0.616. The Bertz CT molecular complexity index is 1070. The molecule has 1 N–H and O–H groups in total. The van der Waals surface area contributed by atoms with Crippen LogP contribution >= 0.6 is 0 Å². The molecule has 0 amide bonds. The molecular weight excluding hydrogens is 400 g/mol. The third kappa shape index (κ3) is 4.33. The van der Waals surface area contributed by atoms with E-state index >= 15 is 0 Å². The average molecular weight is 425 g/mol. The lowest BCUT2D eigenvalue weighted by atomic mass is 9.69. The maximum Gasteiger partial charge on any atom is 0.174 e. The molecule has 3 aromatic rings. The normalized spacial score (nSPS) is 25.1. The third-order valence-electron chi connectivity index (χ3n) is 5.96. The highest BCUT2D eigenvalue weighted by molar-refractivity contribution is 5.68. The fraction of sp³-hybridized carbons (Fsp3) is 0.391. The van der Waals surface area contributed by atoms with E-state index in [1.54, 1.807) is 41.5 Å². The molecule has 0 saturated heterocycles. The van der Waals surface area contributed by atoms with E-state index in [9.17, 15) is 13.9 Å². The molecule has 2 aromatic heterocycles. The SMILES string of the molecule is CCC[C@@]1(C)C/C(=C\c2ncc(-c3ccc(-n4ccnc4)cc3O)nn2)[C@H](F)C[C@@H]1F. The van der Waals surface area contributed by atoms with E-state index < -0.39 is 17.8 Å². The number of hydrogen-bond acceptors (Lipinski definition) is 5. The lowest BCUT2D eigenvalue weighted by molar-refractivity contribution is 0.0553. The van der Waals surface area contributed by atoms with Crippen molar-refractivity contribution < 1.29 is 13.9 Å². The zero-order valence-corrected chi connectivity index (χ0v) is 17.5. The molecule has 1 saturated carbocycles. The zero-order chi connectivity index (χ0) is 22.0. The van der Waals surface area contributed by atoms with Crippen molar-refractivity contribution in [2.45, 2.75) is 51.9 Å². The smallest absolute Gasteiger partial charge is 0.174 e. The molecule has 8 heteroatoms. The Kier molecular flexibility index (Phi) is 5.80. The molecule has 6 nitrogen and oxygen atoms in total. The molecule has 1 aromatic carbocycles. The minimum atomic E-state index is -1.34. The second kappa shape index (κ2) is 8.53. The highest BCUT2D eigenvalue weighted by Gasteiger charge is 2.42. The number of imidazole rings is 1. The van der Waals surface area contributed by atoms with Gasteiger partial charge >= 0.3 is 0 Å². The molecule has 0 spiro atoms. The summed E-state index contributed by atoms with van der Waals surface area (Å²) in [7, 11) is 0. The number of rotatable bonds is 5. The van der Waals surface area contributed by atoms with Crippen LogP contribution in [0.5, 0.6) is 5.75 Å². The maximum absolute atomic E-state index is 14.5. The van der Waals surface area contributed by atoms with Crippen molar-refractivity contribution in [2.24, 2.45) is 5.41 Å². The second-order valence-electron chi connectivity index (χ2n) is 8.34. The first-order valence-corrected chi connectivity index (χ1v) is 10.4. The molecule has 0 bridgehead atoms. The van der Waals surface area contributed by atoms with Gasteiger partial charge in [0.05, 0.1) is 18.2 Å². The van der Waals surface area contributed by atoms with E-state index in [-0.39, 0.29) is 18.0 Å². The molecule has 4 rings (SSSR count). The Labute approximate surface area is 179 Å². The summed E-state index contributed by atoms with van der Waals surface area (Å²) in [6, 6.07) is 5.16. The Morgan fingerprint density at radius 2 is 2.13 bits per heavy atom. The van der Waals surface area contributed by atoms with Gasteiger partial charge in [-0.15, -0.1) is 10.2 Å². The predicted molar refractivity (Wildman–Crippen MR) is 114 cm³/mol. The van der Waals surface area contributed by atoms with Crippen molar-refractivity contribution in [2.75, 3.05) is 0 Å². The number of aromatic nitrogens is 5. The van der Waals surface area contributed by atoms with Gasteiger partial charge in [0, 0.05) is 35.9 Å². The van der Waals surface area contributed by atoms with Crippen molar-refractivity contribution in [3.05, 3.63) is 54.5 Å². The number of halogens is 2. The summed E-state index contributed by atoms with van der Waals surface area (Å²) in [5, 5.41) is 18.6. The summed E-state index contributed by atoms with van der Waals surface area (Å²) >= 11 is 0. The summed E-state index contributed by atoms with van der Waals surface area (Å²) in [5.74, 6) is 0.306. The Morgan fingerprint density at radius 1 is 1.29 bits per heavy atom. The van der Waals surface area contributed by atoms with E-state index in [2.05, 4.69) is 20.2 Å². The van der Waals surface area contributed by atoms with Gasteiger partial charge in [-0.3, -0.25) is 0 Å². The van der Waals surface area contributed by atoms with Gasteiger partial charge in [0.15, 0.2) is 5.82 Å². The van der Waals surface area contributed by atoms with Gasteiger partial charge in [-0.05, 0) is 36.6 Å². The largest absolute Gasteiger partial charge is 0.507 e. The average Bonchev–Trinajstić information content (AvgIpc) is 3.28. The fourth-order valence-corrected chi connectivity index (χ4v) is 4.21. The molecule has 1 fully saturated rings. The van der Waals surface area contributed by atoms with Crippen molar-refractivity contribution in [1.29, 1.82) is 0 Å². The Morgan fingerprint density at radius 3 is 2.77 bits per heavy atom. The molecule has 0 aliphatic heterocycles. The first-order valence-electron chi connectivity index (χ1n) is 10.4. The number of allylic oxidation sites excluding steroid dienone is 1. The molecular formula is C23H25F2N5O. The van der Waals surface area contributed by atoms with E-state index in [0.717, 1.165) is 12.1 Å². The Hall–Kier alpha value is -3.16. The van der Waals surface area contributed by atoms with Crippen molar-refractivity contribution in [1.82, 2.24) is 24.7 Å². The monoisotopic (exact) mass is 425 g/mol. The van der Waals surface area contributed by atoms with Crippen LogP contribution < -0.4 is 0 Å². The van der Waals surface area contributed by atoms with Crippen molar-refractivity contribution in [3.8, 4) is 22.7 Å². The van der Waals surface area contributed by atoms with Crippen LogP contribution in [0.3, 0.4) is 0 Å². The van der Waals surface area contributed by atoms with E-state index in [4.69, 9.17) is 0 Å². The van der Waals surface area contributed by atoms with Crippen molar-refractivity contribution in [3.63, 3.8) is 0 Å². The van der Waals surface area contributed by atoms with Gasteiger partial charge in [-0.2, -0.15) is 0 Å². The predicted octanol–water partition coefficient (Wildman–Crippen LogP) is 5.09. The maximum atomic E-state index is 14.5. The zero-order valence-electron chi connectivity index (χ0n) is 17.5. The highest BCUT2D eigenvalue weighted by Crippen LogP contribution is 2.45. The van der Waals surface area contributed by atoms with Gasteiger partial charge in [-0.1, -0.05) is 20.3 Å². The van der Waals surface area contributed by atoms with Gasteiger partial charge in [-0.25, -0.2) is 18.7 Å². The van der Waals surface area contributed by atoms with Gasteiger partial charge in [0.25, 0.3) is 0 Å². The molecule has 1 aliphatic carbocycles. The second-order valence-corrected chi connectivity index (χ2v) is 8.34. The van der Waals surface area contributed by atoms with Crippen LogP contribution in [-0.4, -0.2) is 42.2 Å². The lowest BCUT2D eigenvalue weighted by Gasteiger charge is -2.39. The number of nitrogens with zero attached hydrogens (tertiary/aromatic N) is 5. The van der Waals surface area contributed by atoms with E-state index in [0.29, 0.717) is 29.7 Å². The molecule has 0 radical (unpaired) electrons. The summed E-state index contributed by atoms with van der Waals surface area (Å²) in [5.41, 5.74) is 1.58. The topological polar surface area (TPSA) is 76.7 Å². The Balaban J connectivity index is 1.56. The number of phenols is 1.